The van der Waals surface area contributed by atoms with Crippen LogP contribution >= 0.6 is 0 Å². The molecule has 0 heterocycles. The van der Waals surface area contributed by atoms with E-state index in [1.165, 1.54) is 45.9 Å². The molecule has 0 aliphatic carbocycles. The van der Waals surface area contributed by atoms with Crippen molar-refractivity contribution in [3.8, 4) is 56.8 Å². The van der Waals surface area contributed by atoms with E-state index < -0.39 is 41.1 Å². The van der Waals surface area contributed by atoms with Gasteiger partial charge in [0.15, 0.2) is 34.6 Å². The molecule has 0 bridgehead atoms. The van der Waals surface area contributed by atoms with Gasteiger partial charge in [0.25, 0.3) is 0 Å². The van der Waals surface area contributed by atoms with Gasteiger partial charge in [-0.15, -0.1) is 0 Å². The Kier molecular flexibility index (Phi) is 21.9. The summed E-state index contributed by atoms with van der Waals surface area (Å²) in [6.45, 7) is 24.9. The maximum atomic E-state index is 14.9. The predicted octanol–water partition coefficient (Wildman–Crippen LogP) is 10.0. The molecule has 0 unspecified atom stereocenters. The van der Waals surface area contributed by atoms with Crippen LogP contribution in [0.3, 0.4) is 0 Å². The summed E-state index contributed by atoms with van der Waals surface area (Å²) < 4.78 is 70.1. The van der Waals surface area contributed by atoms with Crippen LogP contribution in [-0.4, -0.2) is 88.7 Å². The molecule has 0 aromatic heterocycles. The zero-order valence-electron chi connectivity index (χ0n) is 42.7. The van der Waals surface area contributed by atoms with Crippen LogP contribution in [0.15, 0.2) is 139 Å². The van der Waals surface area contributed by atoms with Crippen LogP contribution in [0.5, 0.6) is 34.5 Å². The highest BCUT2D eigenvalue weighted by Gasteiger charge is 2.24. The van der Waals surface area contributed by atoms with Gasteiger partial charge in [-0.2, -0.15) is 0 Å². The number of esters is 6. The van der Waals surface area contributed by atoms with Crippen molar-refractivity contribution in [1.82, 2.24) is 0 Å². The first-order valence-corrected chi connectivity index (χ1v) is 23.2. The van der Waals surface area contributed by atoms with E-state index in [1.54, 1.807) is 87.5 Å². The lowest BCUT2D eigenvalue weighted by atomic mass is 9.97. The fourth-order valence-electron chi connectivity index (χ4n) is 5.81. The summed E-state index contributed by atoms with van der Waals surface area (Å²) in [5.41, 5.74) is 2.59. The number of halogens is 1. The monoisotopic (exact) mass is 1020 g/mol. The first-order chi connectivity index (χ1) is 35.0. The number of benzene rings is 4. The highest BCUT2D eigenvalue weighted by molar-refractivity contribution is 5.91. The van der Waals surface area contributed by atoms with Gasteiger partial charge < -0.3 is 47.4 Å². The van der Waals surface area contributed by atoms with Crippen LogP contribution in [0.25, 0.3) is 22.3 Å². The van der Waals surface area contributed by atoms with Gasteiger partial charge in [-0.25, -0.2) is 28.4 Å². The summed E-state index contributed by atoms with van der Waals surface area (Å²) in [5.74, 6) is -3.27. The van der Waals surface area contributed by atoms with Crippen LogP contribution in [0, 0.1) is 11.2 Å². The number of hydrogen-bond acceptors (Lipinski definition) is 16. The van der Waals surface area contributed by atoms with E-state index in [2.05, 4.69) is 26.3 Å². The van der Waals surface area contributed by atoms with Crippen molar-refractivity contribution in [3.05, 3.63) is 145 Å². The van der Waals surface area contributed by atoms with Crippen molar-refractivity contribution in [2.24, 2.45) is 5.41 Å². The van der Waals surface area contributed by atoms with Gasteiger partial charge in [0, 0.05) is 27.9 Å². The Hall–Kier alpha value is -8.47. The molecular weight excluding hydrogens is 960 g/mol. The predicted molar refractivity (Wildman–Crippen MR) is 272 cm³/mol. The number of hydrogen-bond donors (Lipinski definition) is 0. The minimum Gasteiger partial charge on any atom is -0.486 e. The molecule has 74 heavy (non-hydrogen) atoms. The second kappa shape index (κ2) is 28.0. The van der Waals surface area contributed by atoms with E-state index in [0.717, 1.165) is 11.1 Å². The van der Waals surface area contributed by atoms with Crippen molar-refractivity contribution in [2.75, 3.05) is 52.9 Å². The van der Waals surface area contributed by atoms with E-state index in [4.69, 9.17) is 47.4 Å². The van der Waals surface area contributed by atoms with Crippen molar-refractivity contribution in [2.45, 2.75) is 54.9 Å². The van der Waals surface area contributed by atoms with Gasteiger partial charge in [-0.05, 0) is 126 Å². The molecule has 0 aliphatic rings. The highest BCUT2D eigenvalue weighted by Crippen LogP contribution is 2.36. The number of carbonyl (C=O) groups is 6. The van der Waals surface area contributed by atoms with Crippen molar-refractivity contribution < 1.29 is 80.5 Å². The van der Waals surface area contributed by atoms with Gasteiger partial charge in [-0.3, -0.25) is 4.79 Å². The number of ether oxygens (including phenoxy) is 10. The minimum atomic E-state index is -0.786. The summed E-state index contributed by atoms with van der Waals surface area (Å²) in [5, 5.41) is 0. The zero-order valence-corrected chi connectivity index (χ0v) is 42.7. The Balaban J connectivity index is 1.30. The average Bonchev–Trinajstić information content (AvgIpc) is 3.36. The van der Waals surface area contributed by atoms with Crippen LogP contribution < -0.4 is 28.4 Å². The molecular formula is C57H61FO16. The van der Waals surface area contributed by atoms with Gasteiger partial charge >= 0.3 is 35.8 Å². The summed E-state index contributed by atoms with van der Waals surface area (Å²) in [4.78, 5) is 73.7. The van der Waals surface area contributed by atoms with E-state index in [1.807, 2.05) is 0 Å². The Labute approximate surface area is 429 Å². The zero-order chi connectivity index (χ0) is 54.5. The Morgan fingerprint density at radius 3 is 1.30 bits per heavy atom. The SMILES string of the molecule is C=C(C)C(=O)OCCOc1cc(-c2ccc(OC(=O)C(=C)C)c(F)c2)ccc1OCCOC(=O)C(=C)CC=C(C)C(=O)OCCOc1cc(-c2ccc(OC(=O)C(C)(C)C)cc2)ccc1OCCOC(=O)C(=C)C. The van der Waals surface area contributed by atoms with Crippen molar-refractivity contribution in [3.63, 3.8) is 0 Å². The van der Waals surface area contributed by atoms with Gasteiger partial charge in [0.05, 0.1) is 5.41 Å². The molecule has 4 aromatic rings. The van der Waals surface area contributed by atoms with Crippen molar-refractivity contribution >= 4 is 35.8 Å². The number of rotatable bonds is 27. The Bertz CT molecular complexity index is 2780. The highest BCUT2D eigenvalue weighted by atomic mass is 19.1. The standard InChI is InChI=1S/C57H61FO16/c1-35(2)51(59)69-28-24-65-47-22-17-42(40-14-19-44(20-15-40)73-56(64)57(9,10)11)33-49(47)68-27-31-72-55(63)39(8)13-12-38(7)54(62)71-30-25-66-48-23-18-43(34-50(48)67-26-29-70-52(60)36(3)4)41-16-21-46(45(58)32-41)74-53(61)37(5)6/h13-23,32-34H,1,3,5,7,12,24-31H2,2,4,6,8-11H3. The molecule has 0 spiro atoms. The minimum absolute atomic E-state index is 0.0146. The third-order valence-electron chi connectivity index (χ3n) is 9.97. The lowest BCUT2D eigenvalue weighted by Gasteiger charge is -2.17. The molecule has 0 aliphatic heterocycles. The lowest BCUT2D eigenvalue weighted by molar-refractivity contribution is -0.143. The Morgan fingerprint density at radius 2 is 0.851 bits per heavy atom. The topological polar surface area (TPSA) is 195 Å². The molecule has 4 rings (SSSR count). The van der Waals surface area contributed by atoms with Gasteiger partial charge in [0.2, 0.25) is 0 Å². The molecule has 392 valence electrons. The van der Waals surface area contributed by atoms with E-state index in [-0.39, 0.29) is 110 Å². The average molecular weight is 1020 g/mol. The second-order valence-electron chi connectivity index (χ2n) is 17.5. The van der Waals surface area contributed by atoms with Gasteiger partial charge in [0.1, 0.15) is 58.6 Å². The van der Waals surface area contributed by atoms with Crippen LogP contribution in [0.4, 0.5) is 4.39 Å². The quantitative estimate of drug-likeness (QED) is 0.0180. The molecule has 0 atom stereocenters. The molecule has 0 amide bonds. The maximum Gasteiger partial charge on any atom is 0.338 e. The second-order valence-corrected chi connectivity index (χ2v) is 17.5. The van der Waals surface area contributed by atoms with Gasteiger partial charge in [-0.1, -0.05) is 62.7 Å². The lowest BCUT2D eigenvalue weighted by Crippen LogP contribution is -2.25. The van der Waals surface area contributed by atoms with Crippen molar-refractivity contribution in [1.29, 1.82) is 0 Å². The van der Waals surface area contributed by atoms with E-state index in [9.17, 15) is 33.2 Å². The fraction of sp³-hybridized carbons (Fsp3) is 0.298. The number of allylic oxidation sites excluding steroid dienone is 1. The first-order valence-electron chi connectivity index (χ1n) is 23.2. The summed E-state index contributed by atoms with van der Waals surface area (Å²) in [6, 6.07) is 21.0. The van der Waals surface area contributed by atoms with Crippen LogP contribution in [0.2, 0.25) is 0 Å². The molecule has 0 saturated carbocycles. The van der Waals surface area contributed by atoms with Crippen LogP contribution in [0.1, 0.15) is 54.9 Å². The summed E-state index contributed by atoms with van der Waals surface area (Å²) >= 11 is 0. The largest absolute Gasteiger partial charge is 0.486 e. The molecule has 4 aromatic carbocycles. The third-order valence-corrected chi connectivity index (χ3v) is 9.97. The molecule has 0 radical (unpaired) electrons. The Morgan fingerprint density at radius 1 is 0.459 bits per heavy atom. The molecule has 0 saturated heterocycles. The smallest absolute Gasteiger partial charge is 0.338 e. The van der Waals surface area contributed by atoms with E-state index >= 15 is 0 Å². The summed E-state index contributed by atoms with van der Waals surface area (Å²) in [7, 11) is 0. The first kappa shape index (κ1) is 58.1. The fourth-order valence-corrected chi connectivity index (χ4v) is 5.81. The molecule has 16 nitrogen and oxygen atoms in total. The molecule has 0 N–H and O–H groups in total. The van der Waals surface area contributed by atoms with Crippen LogP contribution in [-0.2, 0) is 47.7 Å². The molecule has 17 heteroatoms. The molecule has 0 fully saturated rings. The number of carbonyl (C=O) groups excluding carboxylic acids is 6. The van der Waals surface area contributed by atoms with E-state index in [0.29, 0.717) is 28.4 Å². The maximum absolute atomic E-state index is 14.9. The third kappa shape index (κ3) is 18.6. The normalized spacial score (nSPS) is 11.0. The summed E-state index contributed by atoms with van der Waals surface area (Å²) in [6.07, 6.45) is 1.45.